The van der Waals surface area contributed by atoms with Crippen LogP contribution in [0.15, 0.2) is 42.5 Å². The average molecular weight is 412 g/mol. The Morgan fingerprint density at radius 2 is 1.93 bits per heavy atom. The standard InChI is InChI=1S/C22H24N2O6/c1-13(2)20-21(25)23(18-9-8-17(24(27)28)11-19(18)30-20)12-15-6-5-7-16(10-15)22(26)29-14(3)4/h5-11,13-14,20H,12H2,1-4H3. The third kappa shape index (κ3) is 4.42. The summed E-state index contributed by atoms with van der Waals surface area (Å²) in [6.07, 6.45) is -0.995. The second-order valence-electron chi connectivity index (χ2n) is 7.77. The minimum atomic E-state index is -0.756. The molecule has 1 unspecified atom stereocenters. The Morgan fingerprint density at radius 3 is 2.57 bits per heavy atom. The monoisotopic (exact) mass is 412 g/mol. The molecule has 158 valence electrons. The fraction of sp³-hybridized carbons (Fsp3) is 0.364. The topological polar surface area (TPSA) is 99.0 Å². The molecule has 1 aliphatic heterocycles. The lowest BCUT2D eigenvalue weighted by atomic mass is 10.0. The van der Waals surface area contributed by atoms with E-state index in [-0.39, 0.29) is 35.9 Å². The fourth-order valence-electron chi connectivity index (χ4n) is 3.24. The molecule has 0 saturated carbocycles. The molecule has 30 heavy (non-hydrogen) atoms. The van der Waals surface area contributed by atoms with Crippen LogP contribution in [0.1, 0.15) is 43.6 Å². The highest BCUT2D eigenvalue weighted by molar-refractivity contribution is 6.00. The van der Waals surface area contributed by atoms with Gasteiger partial charge in [0.1, 0.15) is 0 Å². The van der Waals surface area contributed by atoms with E-state index in [0.29, 0.717) is 11.3 Å². The summed E-state index contributed by atoms with van der Waals surface area (Å²) in [5.74, 6) is -0.504. The van der Waals surface area contributed by atoms with Crippen molar-refractivity contribution < 1.29 is 24.0 Å². The van der Waals surface area contributed by atoms with E-state index in [1.54, 1.807) is 36.9 Å². The summed E-state index contributed by atoms with van der Waals surface area (Å²) in [6.45, 7) is 7.45. The third-order valence-corrected chi connectivity index (χ3v) is 4.66. The Hall–Kier alpha value is -3.42. The van der Waals surface area contributed by atoms with Crippen LogP contribution in [-0.4, -0.2) is 29.0 Å². The van der Waals surface area contributed by atoms with Crippen molar-refractivity contribution in [1.82, 2.24) is 0 Å². The van der Waals surface area contributed by atoms with Gasteiger partial charge >= 0.3 is 5.97 Å². The predicted octanol–water partition coefficient (Wildman–Crippen LogP) is 4.11. The summed E-state index contributed by atoms with van der Waals surface area (Å²) < 4.78 is 11.0. The molecule has 8 nitrogen and oxygen atoms in total. The van der Waals surface area contributed by atoms with Crippen molar-refractivity contribution in [3.05, 3.63) is 63.7 Å². The van der Waals surface area contributed by atoms with Crippen molar-refractivity contribution in [2.75, 3.05) is 4.90 Å². The highest BCUT2D eigenvalue weighted by Crippen LogP contribution is 2.39. The smallest absolute Gasteiger partial charge is 0.338 e. The molecule has 0 N–H and O–H groups in total. The van der Waals surface area contributed by atoms with Gasteiger partial charge in [0.15, 0.2) is 11.9 Å². The van der Waals surface area contributed by atoms with Crippen molar-refractivity contribution in [3.8, 4) is 5.75 Å². The number of nitro groups is 1. The van der Waals surface area contributed by atoms with Crippen LogP contribution in [0.25, 0.3) is 0 Å². The minimum Gasteiger partial charge on any atom is -0.478 e. The van der Waals surface area contributed by atoms with E-state index in [0.717, 1.165) is 5.56 Å². The zero-order valence-electron chi connectivity index (χ0n) is 17.3. The summed E-state index contributed by atoms with van der Waals surface area (Å²) in [7, 11) is 0. The average Bonchev–Trinajstić information content (AvgIpc) is 2.69. The summed E-state index contributed by atoms with van der Waals surface area (Å²) >= 11 is 0. The van der Waals surface area contributed by atoms with Gasteiger partial charge < -0.3 is 14.4 Å². The number of fused-ring (bicyclic) bond motifs is 1. The van der Waals surface area contributed by atoms with Gasteiger partial charge in [0.25, 0.3) is 11.6 Å². The van der Waals surface area contributed by atoms with E-state index >= 15 is 0 Å². The van der Waals surface area contributed by atoms with E-state index in [4.69, 9.17) is 9.47 Å². The number of carbonyl (C=O) groups is 2. The number of hydrogen-bond donors (Lipinski definition) is 0. The number of rotatable bonds is 6. The van der Waals surface area contributed by atoms with Gasteiger partial charge in [-0.25, -0.2) is 4.79 Å². The first kappa shape index (κ1) is 21.3. The zero-order chi connectivity index (χ0) is 22.0. The number of benzene rings is 2. The van der Waals surface area contributed by atoms with E-state index in [1.165, 1.54) is 18.2 Å². The van der Waals surface area contributed by atoms with Crippen molar-refractivity contribution in [1.29, 1.82) is 0 Å². The number of nitro benzene ring substituents is 1. The molecule has 3 rings (SSSR count). The number of non-ortho nitro benzene ring substituents is 1. The Kier molecular flexibility index (Phi) is 6.05. The molecule has 1 atom stereocenters. The van der Waals surface area contributed by atoms with Crippen LogP contribution in [0, 0.1) is 16.0 Å². The molecule has 0 spiro atoms. The van der Waals surface area contributed by atoms with Gasteiger partial charge in [-0.1, -0.05) is 26.0 Å². The molecule has 1 aliphatic rings. The van der Waals surface area contributed by atoms with Crippen molar-refractivity contribution in [2.45, 2.75) is 46.4 Å². The first-order valence-electron chi connectivity index (χ1n) is 9.73. The Bertz CT molecular complexity index is 985. The van der Waals surface area contributed by atoms with Gasteiger partial charge in [-0.15, -0.1) is 0 Å². The van der Waals surface area contributed by atoms with E-state index in [1.807, 2.05) is 19.9 Å². The summed E-state index contributed by atoms with van der Waals surface area (Å²) in [4.78, 5) is 37.5. The molecule has 0 bridgehead atoms. The molecule has 0 aromatic heterocycles. The number of anilines is 1. The fourth-order valence-corrected chi connectivity index (χ4v) is 3.24. The maximum Gasteiger partial charge on any atom is 0.338 e. The summed E-state index contributed by atoms with van der Waals surface area (Å²) in [6, 6.07) is 11.1. The lowest BCUT2D eigenvalue weighted by Crippen LogP contribution is -2.48. The van der Waals surface area contributed by atoms with Crippen LogP contribution in [0.2, 0.25) is 0 Å². The number of ether oxygens (including phenoxy) is 2. The second-order valence-corrected chi connectivity index (χ2v) is 7.77. The second kappa shape index (κ2) is 8.52. The lowest BCUT2D eigenvalue weighted by Gasteiger charge is -2.36. The molecule has 0 saturated heterocycles. The normalized spacial score (nSPS) is 15.7. The van der Waals surface area contributed by atoms with Gasteiger partial charge in [-0.05, 0) is 43.5 Å². The van der Waals surface area contributed by atoms with Gasteiger partial charge in [0.05, 0.1) is 34.9 Å². The third-order valence-electron chi connectivity index (χ3n) is 4.66. The van der Waals surface area contributed by atoms with Crippen LogP contribution in [0.5, 0.6) is 5.75 Å². The Balaban J connectivity index is 1.96. The number of amides is 1. The number of esters is 1. The number of carbonyl (C=O) groups excluding carboxylic acids is 2. The SMILES string of the molecule is CC(C)OC(=O)c1cccc(CN2C(=O)C(C(C)C)Oc3cc([N+](=O)[O-])ccc32)c1. The van der Waals surface area contributed by atoms with Crippen LogP contribution in [0.3, 0.4) is 0 Å². The van der Waals surface area contributed by atoms with Crippen molar-refractivity contribution in [2.24, 2.45) is 5.92 Å². The molecular formula is C22H24N2O6. The first-order valence-corrected chi connectivity index (χ1v) is 9.73. The van der Waals surface area contributed by atoms with Crippen LogP contribution >= 0.6 is 0 Å². The van der Waals surface area contributed by atoms with E-state index < -0.39 is 17.0 Å². The summed E-state index contributed by atoms with van der Waals surface area (Å²) in [5, 5.41) is 11.1. The Labute approximate surface area is 174 Å². The van der Waals surface area contributed by atoms with Crippen LogP contribution in [-0.2, 0) is 16.1 Å². The molecule has 0 radical (unpaired) electrons. The maximum absolute atomic E-state index is 13.1. The highest BCUT2D eigenvalue weighted by Gasteiger charge is 2.37. The maximum atomic E-state index is 13.1. The molecule has 2 aromatic rings. The minimum absolute atomic E-state index is 0.107. The van der Waals surface area contributed by atoms with Crippen LogP contribution in [0.4, 0.5) is 11.4 Å². The van der Waals surface area contributed by atoms with Gasteiger partial charge in [0, 0.05) is 6.07 Å². The summed E-state index contributed by atoms with van der Waals surface area (Å²) in [5.41, 5.74) is 1.48. The molecule has 1 heterocycles. The highest BCUT2D eigenvalue weighted by atomic mass is 16.6. The first-order chi connectivity index (χ1) is 14.2. The van der Waals surface area contributed by atoms with Gasteiger partial charge in [-0.3, -0.25) is 14.9 Å². The quantitative estimate of drug-likeness (QED) is 0.402. The van der Waals surface area contributed by atoms with Gasteiger partial charge in [0.2, 0.25) is 0 Å². The molecule has 0 aliphatic carbocycles. The molecule has 1 amide bonds. The Morgan fingerprint density at radius 1 is 1.20 bits per heavy atom. The molecule has 2 aromatic carbocycles. The largest absolute Gasteiger partial charge is 0.478 e. The predicted molar refractivity (Wildman–Crippen MR) is 111 cm³/mol. The van der Waals surface area contributed by atoms with E-state index in [2.05, 4.69) is 0 Å². The zero-order valence-corrected chi connectivity index (χ0v) is 17.3. The molecular weight excluding hydrogens is 388 g/mol. The van der Waals surface area contributed by atoms with Crippen LogP contribution < -0.4 is 9.64 Å². The van der Waals surface area contributed by atoms with Crippen molar-refractivity contribution >= 4 is 23.3 Å². The number of nitrogens with zero attached hydrogens (tertiary/aromatic N) is 2. The lowest BCUT2D eigenvalue weighted by molar-refractivity contribution is -0.384. The van der Waals surface area contributed by atoms with Crippen molar-refractivity contribution in [3.63, 3.8) is 0 Å². The van der Waals surface area contributed by atoms with E-state index in [9.17, 15) is 19.7 Å². The number of hydrogen-bond acceptors (Lipinski definition) is 6. The van der Waals surface area contributed by atoms with Gasteiger partial charge in [-0.2, -0.15) is 0 Å². The molecule has 8 heteroatoms. The molecule has 0 fully saturated rings.